The van der Waals surface area contributed by atoms with Gasteiger partial charge in [-0.2, -0.15) is 10.1 Å². The first kappa shape index (κ1) is 27.6. The summed E-state index contributed by atoms with van der Waals surface area (Å²) in [6.07, 6.45) is 13.8. The fourth-order valence-corrected chi connectivity index (χ4v) is 5.68. The molecule has 0 radical (unpaired) electrons. The number of nitrogens with zero attached hydrogens (tertiary/aromatic N) is 4. The summed E-state index contributed by atoms with van der Waals surface area (Å²) >= 11 is 0. The van der Waals surface area contributed by atoms with Gasteiger partial charge < -0.3 is 9.68 Å². The number of benzene rings is 2. The maximum absolute atomic E-state index is 13.6. The van der Waals surface area contributed by atoms with Crippen LogP contribution in [-0.2, 0) is 32.1 Å². The quantitative estimate of drug-likeness (QED) is 0.414. The lowest BCUT2D eigenvalue weighted by Crippen LogP contribution is -2.27. The zero-order chi connectivity index (χ0) is 29.1. The number of aliphatic imine (C=N–C) groups is 2. The molecule has 8 nitrogen and oxygen atoms in total. The number of fused-ring (bicyclic) bond motifs is 2. The first-order chi connectivity index (χ1) is 20.4. The molecule has 0 amide bonds. The third kappa shape index (κ3) is 6.82. The van der Waals surface area contributed by atoms with E-state index in [1.54, 1.807) is 12.1 Å². The molecule has 0 spiro atoms. The minimum Gasteiger partial charge on any atom is -0.335 e. The summed E-state index contributed by atoms with van der Waals surface area (Å²) in [5, 5.41) is 2.67. The molecule has 2 heterocycles. The monoisotopic (exact) mass is 572 g/mol. The van der Waals surface area contributed by atoms with Crippen molar-refractivity contribution in [3.05, 3.63) is 93.6 Å². The number of hydrogen-bond acceptors (Lipinski definition) is 8. The van der Waals surface area contributed by atoms with Crippen LogP contribution in [0, 0.1) is 11.6 Å². The molecule has 2 aromatic carbocycles. The van der Waals surface area contributed by atoms with E-state index in [9.17, 15) is 18.4 Å². The van der Waals surface area contributed by atoms with E-state index in [0.717, 1.165) is 60.1 Å². The normalized spacial score (nSPS) is 20.8. The van der Waals surface area contributed by atoms with Gasteiger partial charge >= 0.3 is 11.9 Å². The zero-order valence-corrected chi connectivity index (χ0v) is 22.9. The maximum Gasteiger partial charge on any atom is 0.356 e. The van der Waals surface area contributed by atoms with Crippen LogP contribution < -0.4 is 0 Å². The van der Waals surface area contributed by atoms with Crippen LogP contribution in [0.25, 0.3) is 12.2 Å². The Hall–Kier alpha value is -4.60. The van der Waals surface area contributed by atoms with Gasteiger partial charge in [0.2, 0.25) is 0 Å². The van der Waals surface area contributed by atoms with Crippen LogP contribution in [0.2, 0.25) is 0 Å². The van der Waals surface area contributed by atoms with Crippen molar-refractivity contribution in [2.24, 2.45) is 9.98 Å². The summed E-state index contributed by atoms with van der Waals surface area (Å²) in [6.45, 7) is 0.778. The molecule has 4 aliphatic rings. The number of carbonyl (C=O) groups excluding carboxylic acids is 2. The number of carbonyl (C=O) groups is 2. The van der Waals surface area contributed by atoms with E-state index >= 15 is 0 Å². The lowest BCUT2D eigenvalue weighted by atomic mass is 9.89. The number of hydroxylamine groups is 4. The van der Waals surface area contributed by atoms with Gasteiger partial charge in [-0.3, -0.25) is 9.98 Å². The van der Waals surface area contributed by atoms with Crippen molar-refractivity contribution in [3.63, 3.8) is 0 Å². The summed E-state index contributed by atoms with van der Waals surface area (Å²) in [7, 11) is 0. The Bertz CT molecular complexity index is 1430. The van der Waals surface area contributed by atoms with E-state index < -0.39 is 11.9 Å². The zero-order valence-electron chi connectivity index (χ0n) is 22.9. The molecular weight excluding hydrogens is 542 g/mol. The first-order valence-corrected chi connectivity index (χ1v) is 14.0. The minimum absolute atomic E-state index is 0.0872. The predicted octanol–water partition coefficient (Wildman–Crippen LogP) is 5.00. The second-order valence-corrected chi connectivity index (χ2v) is 10.9. The Morgan fingerprint density at radius 3 is 1.64 bits per heavy atom. The highest BCUT2D eigenvalue weighted by Gasteiger charge is 2.24. The molecule has 2 aliphatic carbocycles. The van der Waals surface area contributed by atoms with Gasteiger partial charge in [-0.05, 0) is 85.0 Å². The van der Waals surface area contributed by atoms with Crippen molar-refractivity contribution >= 4 is 36.8 Å². The second-order valence-electron chi connectivity index (χ2n) is 10.9. The summed E-state index contributed by atoms with van der Waals surface area (Å²) < 4.78 is 27.2. The number of halogens is 2. The lowest BCUT2D eigenvalue weighted by Gasteiger charge is -2.19. The Morgan fingerprint density at radius 2 is 1.19 bits per heavy atom. The van der Waals surface area contributed by atoms with E-state index in [1.807, 2.05) is 24.3 Å². The summed E-state index contributed by atoms with van der Waals surface area (Å²) in [5.41, 5.74) is 6.43. The molecule has 0 N–H and O–H groups in total. The van der Waals surface area contributed by atoms with Gasteiger partial charge in [0.15, 0.2) is 0 Å². The van der Waals surface area contributed by atoms with Crippen molar-refractivity contribution in [2.75, 3.05) is 13.1 Å². The van der Waals surface area contributed by atoms with Gasteiger partial charge in [-0.25, -0.2) is 18.4 Å². The highest BCUT2D eigenvalue weighted by atomic mass is 19.1. The molecule has 216 valence electrons. The molecule has 2 aromatic rings. The number of aryl methyl sites for hydroxylation is 2. The Kier molecular flexibility index (Phi) is 7.94. The van der Waals surface area contributed by atoms with Crippen LogP contribution in [0.5, 0.6) is 0 Å². The van der Waals surface area contributed by atoms with E-state index in [-0.39, 0.29) is 23.7 Å². The molecule has 0 bridgehead atoms. The van der Waals surface area contributed by atoms with E-state index in [2.05, 4.69) is 9.98 Å². The average molecular weight is 573 g/mol. The molecule has 10 heteroatoms. The smallest absolute Gasteiger partial charge is 0.335 e. The highest BCUT2D eigenvalue weighted by Crippen LogP contribution is 2.30. The first-order valence-electron chi connectivity index (χ1n) is 14.0. The fourth-order valence-electron chi connectivity index (χ4n) is 5.68. The van der Waals surface area contributed by atoms with Crippen LogP contribution in [0.15, 0.2) is 69.7 Å². The molecule has 42 heavy (non-hydrogen) atoms. The number of rotatable bonds is 8. The van der Waals surface area contributed by atoms with E-state index in [1.165, 1.54) is 46.1 Å². The van der Waals surface area contributed by atoms with Gasteiger partial charge in [0, 0.05) is 12.2 Å². The van der Waals surface area contributed by atoms with Crippen molar-refractivity contribution in [1.29, 1.82) is 0 Å². The molecule has 0 saturated carbocycles. The maximum atomic E-state index is 13.6. The van der Waals surface area contributed by atoms with Crippen LogP contribution in [-0.4, -0.2) is 59.9 Å². The van der Waals surface area contributed by atoms with E-state index in [0.29, 0.717) is 25.9 Å². The Morgan fingerprint density at radius 1 is 0.738 bits per heavy atom. The minimum atomic E-state index is -0.728. The molecule has 2 aliphatic heterocycles. The van der Waals surface area contributed by atoms with Gasteiger partial charge in [0.1, 0.15) is 24.3 Å². The molecule has 6 rings (SSSR count). The summed E-state index contributed by atoms with van der Waals surface area (Å²) in [4.78, 5) is 43.9. The van der Waals surface area contributed by atoms with Gasteiger partial charge in [0.05, 0.1) is 25.2 Å². The van der Waals surface area contributed by atoms with Crippen molar-refractivity contribution < 1.29 is 28.0 Å². The number of hydrogen-bond donors (Lipinski definition) is 0. The van der Waals surface area contributed by atoms with Crippen LogP contribution in [0.4, 0.5) is 8.78 Å². The molecular formula is C32H30F2N4O4. The molecule has 2 unspecified atom stereocenters. The third-order valence-corrected chi connectivity index (χ3v) is 7.73. The molecule has 0 aromatic heterocycles. The van der Waals surface area contributed by atoms with Gasteiger partial charge in [0.25, 0.3) is 0 Å². The van der Waals surface area contributed by atoms with Crippen LogP contribution in [0.3, 0.4) is 0 Å². The van der Waals surface area contributed by atoms with Crippen LogP contribution >= 0.6 is 0 Å². The standard InChI is InChI=1S/C32H30F2N4O4/c33-27-7-5-23-3-1-21(11-25(23)15-27)13-29-17-37(19-35-29)41-31(39)9-10-32(40)42-38-18-30(36-20-38)14-22-2-4-24-6-8-28(34)16-26(24)12-22/h5-12,15-16,19-20,29-30H,1-4,13-14,17-18H2/b10-9+. The summed E-state index contributed by atoms with van der Waals surface area (Å²) in [6, 6.07) is 9.54. The Labute approximate surface area is 242 Å². The van der Waals surface area contributed by atoms with Gasteiger partial charge in [-0.15, -0.1) is 0 Å². The largest absolute Gasteiger partial charge is 0.356 e. The molecule has 2 atom stereocenters. The highest BCUT2D eigenvalue weighted by molar-refractivity contribution is 5.92. The Balaban J connectivity index is 0.916. The van der Waals surface area contributed by atoms with Crippen molar-refractivity contribution in [3.8, 4) is 0 Å². The predicted molar refractivity (Wildman–Crippen MR) is 154 cm³/mol. The molecule has 0 fully saturated rings. The fraction of sp³-hybridized carbons (Fsp3) is 0.312. The van der Waals surface area contributed by atoms with Crippen LogP contribution in [0.1, 0.15) is 47.9 Å². The average Bonchev–Trinajstić information content (AvgIpc) is 3.60. The van der Waals surface area contributed by atoms with Crippen molar-refractivity contribution in [1.82, 2.24) is 10.1 Å². The SMILES string of the molecule is O=C(/C=C/C(=O)ON1C=NC(CC2=Cc3cc(F)ccc3CC2)C1)ON1C=NC(CC2=Cc3cc(F)ccc3CC2)C1. The van der Waals surface area contributed by atoms with Crippen molar-refractivity contribution in [2.45, 2.75) is 50.6 Å². The van der Waals surface area contributed by atoms with E-state index in [4.69, 9.17) is 9.68 Å². The summed E-state index contributed by atoms with van der Waals surface area (Å²) in [5.74, 6) is -1.96. The third-order valence-electron chi connectivity index (χ3n) is 7.73. The second kappa shape index (κ2) is 12.1. The van der Waals surface area contributed by atoms with Gasteiger partial charge in [-0.1, -0.05) is 35.4 Å². The topological polar surface area (TPSA) is 83.8 Å². The molecule has 0 saturated heterocycles. The lowest BCUT2D eigenvalue weighted by molar-refractivity contribution is -0.167.